The Morgan fingerprint density at radius 1 is 1.21 bits per heavy atom. The van der Waals surface area contributed by atoms with Crippen LogP contribution in [0.2, 0.25) is 0 Å². The van der Waals surface area contributed by atoms with Crippen molar-refractivity contribution in [2.45, 2.75) is 31.4 Å². The zero-order chi connectivity index (χ0) is 13.1. The van der Waals surface area contributed by atoms with Crippen molar-refractivity contribution in [3.8, 4) is 0 Å². The molecular formula is C15H20N2O2. The van der Waals surface area contributed by atoms with Crippen LogP contribution in [0.4, 0.5) is 4.79 Å². The molecule has 2 aliphatic heterocycles. The van der Waals surface area contributed by atoms with Crippen molar-refractivity contribution in [1.82, 2.24) is 10.2 Å². The van der Waals surface area contributed by atoms with Gasteiger partial charge in [-0.25, -0.2) is 4.79 Å². The average Bonchev–Trinajstić information content (AvgIpc) is 2.60. The second kappa shape index (κ2) is 5.21. The largest absolute Gasteiger partial charge is 0.441 e. The molecule has 0 radical (unpaired) electrons. The maximum Gasteiger partial charge on any atom is 0.410 e. The zero-order valence-corrected chi connectivity index (χ0v) is 11.1. The SMILES string of the molecule is O=C1OC2(CCCNCC2)CN1Cc1ccccc1. The van der Waals surface area contributed by atoms with E-state index >= 15 is 0 Å². The Morgan fingerprint density at radius 3 is 2.89 bits per heavy atom. The van der Waals surface area contributed by atoms with E-state index in [9.17, 15) is 4.79 Å². The second-order valence-corrected chi connectivity index (χ2v) is 5.50. The van der Waals surface area contributed by atoms with Gasteiger partial charge < -0.3 is 10.1 Å². The molecule has 1 aromatic rings. The summed E-state index contributed by atoms with van der Waals surface area (Å²) in [5.41, 5.74) is 0.901. The normalized spacial score (nSPS) is 27.4. The van der Waals surface area contributed by atoms with Gasteiger partial charge in [0.05, 0.1) is 6.54 Å². The molecular weight excluding hydrogens is 240 g/mol. The van der Waals surface area contributed by atoms with E-state index in [4.69, 9.17) is 4.74 Å². The number of carbonyl (C=O) groups is 1. The van der Waals surface area contributed by atoms with Crippen molar-refractivity contribution in [2.75, 3.05) is 19.6 Å². The molecule has 4 nitrogen and oxygen atoms in total. The fourth-order valence-electron chi connectivity index (χ4n) is 2.98. The third-order valence-corrected chi connectivity index (χ3v) is 4.00. The van der Waals surface area contributed by atoms with Crippen molar-refractivity contribution in [3.63, 3.8) is 0 Å². The highest BCUT2D eigenvalue weighted by atomic mass is 16.6. The van der Waals surface area contributed by atoms with Crippen molar-refractivity contribution < 1.29 is 9.53 Å². The van der Waals surface area contributed by atoms with E-state index in [1.165, 1.54) is 0 Å². The molecule has 2 aliphatic rings. The highest BCUT2D eigenvalue weighted by Gasteiger charge is 2.44. The van der Waals surface area contributed by atoms with E-state index in [-0.39, 0.29) is 11.7 Å². The molecule has 0 aliphatic carbocycles. The van der Waals surface area contributed by atoms with Gasteiger partial charge in [0.15, 0.2) is 0 Å². The zero-order valence-electron chi connectivity index (χ0n) is 11.1. The van der Waals surface area contributed by atoms with E-state index in [0.717, 1.165) is 44.5 Å². The van der Waals surface area contributed by atoms with Gasteiger partial charge in [-0.05, 0) is 31.5 Å². The lowest BCUT2D eigenvalue weighted by Gasteiger charge is -2.24. The molecule has 2 fully saturated rings. The van der Waals surface area contributed by atoms with Crippen molar-refractivity contribution in [1.29, 1.82) is 0 Å². The number of carbonyl (C=O) groups excluding carboxylic acids is 1. The maximum absolute atomic E-state index is 12.0. The lowest BCUT2D eigenvalue weighted by atomic mass is 9.95. The van der Waals surface area contributed by atoms with Gasteiger partial charge in [0.2, 0.25) is 0 Å². The second-order valence-electron chi connectivity index (χ2n) is 5.50. The van der Waals surface area contributed by atoms with Crippen LogP contribution in [0.15, 0.2) is 30.3 Å². The molecule has 4 heteroatoms. The summed E-state index contributed by atoms with van der Waals surface area (Å²) in [6.07, 6.45) is 2.80. The van der Waals surface area contributed by atoms with Crippen LogP contribution in [0.25, 0.3) is 0 Å². The Kier molecular flexibility index (Phi) is 3.42. The molecule has 0 bridgehead atoms. The molecule has 3 rings (SSSR count). The van der Waals surface area contributed by atoms with Crippen LogP contribution in [0, 0.1) is 0 Å². The summed E-state index contributed by atoms with van der Waals surface area (Å²) < 4.78 is 5.70. The summed E-state index contributed by atoms with van der Waals surface area (Å²) in [6, 6.07) is 10.1. The lowest BCUT2D eigenvalue weighted by molar-refractivity contribution is 0.0469. The molecule has 0 aromatic heterocycles. The Labute approximate surface area is 113 Å². The van der Waals surface area contributed by atoms with Gasteiger partial charge in [-0.15, -0.1) is 0 Å². The molecule has 1 unspecified atom stereocenters. The number of hydrogen-bond acceptors (Lipinski definition) is 3. The summed E-state index contributed by atoms with van der Waals surface area (Å²) in [5, 5.41) is 3.37. The van der Waals surface area contributed by atoms with Crippen LogP contribution >= 0.6 is 0 Å². The van der Waals surface area contributed by atoms with E-state index in [2.05, 4.69) is 5.32 Å². The minimum Gasteiger partial charge on any atom is -0.441 e. The van der Waals surface area contributed by atoms with Crippen LogP contribution in [-0.2, 0) is 11.3 Å². The molecule has 19 heavy (non-hydrogen) atoms. The first-order chi connectivity index (χ1) is 9.27. The Bertz CT molecular complexity index is 439. The Balaban J connectivity index is 1.69. The Hall–Kier alpha value is -1.55. The van der Waals surface area contributed by atoms with Gasteiger partial charge >= 0.3 is 6.09 Å². The first kappa shape index (κ1) is 12.5. The number of hydrogen-bond donors (Lipinski definition) is 1. The van der Waals surface area contributed by atoms with Gasteiger partial charge in [-0.2, -0.15) is 0 Å². The third-order valence-electron chi connectivity index (χ3n) is 4.00. The smallest absolute Gasteiger partial charge is 0.410 e. The number of benzene rings is 1. The van der Waals surface area contributed by atoms with Crippen LogP contribution in [-0.4, -0.2) is 36.2 Å². The summed E-state index contributed by atoms with van der Waals surface area (Å²) in [5.74, 6) is 0. The van der Waals surface area contributed by atoms with Gasteiger partial charge in [0.1, 0.15) is 5.60 Å². The first-order valence-corrected chi connectivity index (χ1v) is 7.00. The van der Waals surface area contributed by atoms with E-state index in [1.807, 2.05) is 35.2 Å². The third kappa shape index (κ3) is 2.73. The van der Waals surface area contributed by atoms with E-state index < -0.39 is 0 Å². The highest BCUT2D eigenvalue weighted by Crippen LogP contribution is 2.32. The van der Waals surface area contributed by atoms with Crippen molar-refractivity contribution >= 4 is 6.09 Å². The monoisotopic (exact) mass is 260 g/mol. The molecule has 2 heterocycles. The number of nitrogens with one attached hydrogen (secondary N) is 1. The van der Waals surface area contributed by atoms with Gasteiger partial charge in [-0.3, -0.25) is 4.90 Å². The summed E-state index contributed by atoms with van der Waals surface area (Å²) in [6.45, 7) is 3.34. The molecule has 1 aromatic carbocycles. The fourth-order valence-corrected chi connectivity index (χ4v) is 2.98. The Morgan fingerprint density at radius 2 is 2.05 bits per heavy atom. The van der Waals surface area contributed by atoms with Gasteiger partial charge in [-0.1, -0.05) is 30.3 Å². The van der Waals surface area contributed by atoms with Crippen molar-refractivity contribution in [3.05, 3.63) is 35.9 Å². The molecule has 1 atom stereocenters. The number of rotatable bonds is 2. The van der Waals surface area contributed by atoms with Gasteiger partial charge in [0, 0.05) is 13.0 Å². The number of nitrogens with zero attached hydrogens (tertiary/aromatic N) is 1. The predicted molar refractivity (Wildman–Crippen MR) is 72.8 cm³/mol. The van der Waals surface area contributed by atoms with Crippen LogP contribution in [0.5, 0.6) is 0 Å². The predicted octanol–water partition coefficient (Wildman–Crippen LogP) is 2.15. The number of ether oxygens (including phenoxy) is 1. The summed E-state index contributed by atoms with van der Waals surface area (Å²) >= 11 is 0. The summed E-state index contributed by atoms with van der Waals surface area (Å²) in [4.78, 5) is 13.9. The quantitative estimate of drug-likeness (QED) is 0.886. The van der Waals surface area contributed by atoms with E-state index in [0.29, 0.717) is 6.54 Å². The van der Waals surface area contributed by atoms with Crippen LogP contribution in [0.3, 0.4) is 0 Å². The fraction of sp³-hybridized carbons (Fsp3) is 0.533. The number of amides is 1. The summed E-state index contributed by atoms with van der Waals surface area (Å²) in [7, 11) is 0. The molecule has 1 spiro atoms. The lowest BCUT2D eigenvalue weighted by Crippen LogP contribution is -2.35. The maximum atomic E-state index is 12.0. The van der Waals surface area contributed by atoms with Crippen LogP contribution in [0.1, 0.15) is 24.8 Å². The highest BCUT2D eigenvalue weighted by molar-refractivity contribution is 5.70. The van der Waals surface area contributed by atoms with Crippen molar-refractivity contribution in [2.24, 2.45) is 0 Å². The topological polar surface area (TPSA) is 41.6 Å². The minimum absolute atomic E-state index is 0.161. The molecule has 0 saturated carbocycles. The first-order valence-electron chi connectivity index (χ1n) is 7.00. The molecule has 1 amide bonds. The molecule has 1 N–H and O–H groups in total. The minimum atomic E-state index is -0.255. The van der Waals surface area contributed by atoms with Crippen LogP contribution < -0.4 is 5.32 Å². The van der Waals surface area contributed by atoms with Gasteiger partial charge in [0.25, 0.3) is 0 Å². The standard InChI is InChI=1S/C15H20N2O2/c18-14-17(11-13-5-2-1-3-6-13)12-15(19-14)7-4-9-16-10-8-15/h1-3,5-6,16H,4,7-12H2. The molecule has 2 saturated heterocycles. The average molecular weight is 260 g/mol. The molecule has 102 valence electrons. The van der Waals surface area contributed by atoms with E-state index in [1.54, 1.807) is 0 Å².